The molecule has 1 saturated heterocycles. The molecule has 0 spiro atoms. The summed E-state index contributed by atoms with van der Waals surface area (Å²) in [7, 11) is 0. The molecule has 1 heterocycles. The molecule has 0 amide bonds. The highest BCUT2D eigenvalue weighted by atomic mass is 35.5. The van der Waals surface area contributed by atoms with E-state index in [0.717, 1.165) is 11.6 Å². The van der Waals surface area contributed by atoms with Gasteiger partial charge in [0.25, 0.3) is 0 Å². The lowest BCUT2D eigenvalue weighted by atomic mass is 10.2. The molecular weight excluding hydrogens is 240 g/mol. The van der Waals surface area contributed by atoms with Crippen LogP contribution in [0.2, 0.25) is 5.02 Å². The van der Waals surface area contributed by atoms with E-state index in [-0.39, 0.29) is 0 Å². The summed E-state index contributed by atoms with van der Waals surface area (Å²) < 4.78 is 5.72. The maximum Gasteiger partial charge on any atom is 0.104 e. The van der Waals surface area contributed by atoms with Gasteiger partial charge in [-0.25, -0.2) is 0 Å². The molecule has 88 valence electrons. The maximum absolute atomic E-state index is 5.87. The van der Waals surface area contributed by atoms with Gasteiger partial charge < -0.3 is 4.74 Å². The highest BCUT2D eigenvalue weighted by Gasteiger charge is 2.24. The molecule has 3 atom stereocenters. The van der Waals surface area contributed by atoms with Crippen LogP contribution in [0.3, 0.4) is 0 Å². The van der Waals surface area contributed by atoms with Crippen molar-refractivity contribution in [2.45, 2.75) is 31.0 Å². The molecule has 3 heteroatoms. The number of halogens is 1. The van der Waals surface area contributed by atoms with Gasteiger partial charge in [0.1, 0.15) is 5.44 Å². The molecule has 16 heavy (non-hydrogen) atoms. The number of hydrogen-bond acceptors (Lipinski definition) is 2. The number of hydrogen-bond donors (Lipinski definition) is 0. The summed E-state index contributed by atoms with van der Waals surface area (Å²) >= 11 is 7.78. The first kappa shape index (κ1) is 12.3. The second-order valence-corrected chi connectivity index (χ2v) is 6.38. The largest absolute Gasteiger partial charge is 0.367 e. The Morgan fingerprint density at radius 3 is 2.62 bits per heavy atom. The third-order valence-corrected chi connectivity index (χ3v) is 4.42. The van der Waals surface area contributed by atoms with Gasteiger partial charge in [-0.3, -0.25) is 0 Å². The van der Waals surface area contributed by atoms with Gasteiger partial charge in [0.2, 0.25) is 0 Å². The summed E-state index contributed by atoms with van der Waals surface area (Å²) in [4.78, 5) is 0. The lowest BCUT2D eigenvalue weighted by Gasteiger charge is -2.16. The van der Waals surface area contributed by atoms with Crippen molar-refractivity contribution in [3.8, 4) is 0 Å². The second kappa shape index (κ2) is 5.44. The van der Waals surface area contributed by atoms with E-state index in [1.54, 1.807) is 0 Å². The van der Waals surface area contributed by atoms with E-state index >= 15 is 0 Å². The maximum atomic E-state index is 5.87. The molecular formula is C13H17ClOS. The first-order valence-corrected chi connectivity index (χ1v) is 7.00. The first-order chi connectivity index (χ1) is 7.65. The minimum atomic E-state index is 0.362. The van der Waals surface area contributed by atoms with Crippen molar-refractivity contribution in [3.63, 3.8) is 0 Å². The molecule has 0 aliphatic carbocycles. The summed E-state index contributed by atoms with van der Waals surface area (Å²) in [5.74, 6) is 0.704. The van der Waals surface area contributed by atoms with Gasteiger partial charge >= 0.3 is 0 Å². The van der Waals surface area contributed by atoms with Crippen molar-refractivity contribution in [1.82, 2.24) is 0 Å². The Hall–Kier alpha value is -0.180. The van der Waals surface area contributed by atoms with E-state index in [1.807, 2.05) is 23.9 Å². The average Bonchev–Trinajstić information content (AvgIpc) is 2.65. The van der Waals surface area contributed by atoms with Crippen LogP contribution in [-0.4, -0.2) is 12.0 Å². The Kier molecular flexibility index (Phi) is 4.17. The van der Waals surface area contributed by atoms with Crippen molar-refractivity contribution >= 4 is 23.4 Å². The van der Waals surface area contributed by atoms with E-state index in [4.69, 9.17) is 16.3 Å². The lowest BCUT2D eigenvalue weighted by Crippen LogP contribution is -2.02. The Balaban J connectivity index is 1.92. The van der Waals surface area contributed by atoms with Gasteiger partial charge in [0, 0.05) is 10.3 Å². The molecule has 0 radical (unpaired) electrons. The normalized spacial score (nSPS) is 26.9. The molecule has 1 nitrogen and oxygen atoms in total. The van der Waals surface area contributed by atoms with Crippen LogP contribution < -0.4 is 0 Å². The minimum absolute atomic E-state index is 0.362. The molecule has 0 saturated carbocycles. The Morgan fingerprint density at radius 2 is 2.06 bits per heavy atom. The van der Waals surface area contributed by atoms with Gasteiger partial charge in [0.05, 0.1) is 6.61 Å². The van der Waals surface area contributed by atoms with Crippen LogP contribution in [-0.2, 0) is 4.74 Å². The Labute approximate surface area is 107 Å². The van der Waals surface area contributed by atoms with Crippen LogP contribution in [0.15, 0.2) is 24.3 Å². The van der Waals surface area contributed by atoms with E-state index in [2.05, 4.69) is 26.0 Å². The summed E-state index contributed by atoms with van der Waals surface area (Å²) in [5, 5.41) is 1.26. The van der Waals surface area contributed by atoms with Gasteiger partial charge in [-0.2, -0.15) is 0 Å². The van der Waals surface area contributed by atoms with Crippen LogP contribution in [0.4, 0.5) is 0 Å². The van der Waals surface area contributed by atoms with Gasteiger partial charge in [0.15, 0.2) is 0 Å². The van der Waals surface area contributed by atoms with Crippen LogP contribution in [0.5, 0.6) is 0 Å². The predicted molar refractivity (Wildman–Crippen MR) is 71.0 cm³/mol. The van der Waals surface area contributed by atoms with Crippen molar-refractivity contribution in [2.24, 2.45) is 5.92 Å². The molecule has 2 rings (SSSR count). The fourth-order valence-electron chi connectivity index (χ4n) is 1.87. The van der Waals surface area contributed by atoms with Gasteiger partial charge in [-0.05, 0) is 37.0 Å². The zero-order valence-electron chi connectivity index (χ0n) is 9.65. The van der Waals surface area contributed by atoms with E-state index in [1.165, 1.54) is 12.0 Å². The van der Waals surface area contributed by atoms with Gasteiger partial charge in [-0.15, -0.1) is 11.8 Å². The molecule has 0 aromatic heterocycles. The molecule has 0 bridgehead atoms. The fourth-order valence-corrected chi connectivity index (χ4v) is 3.36. The fraction of sp³-hybridized carbons (Fsp3) is 0.538. The smallest absolute Gasteiger partial charge is 0.104 e. The number of ether oxygens (including phenoxy) is 1. The summed E-state index contributed by atoms with van der Waals surface area (Å²) in [6.07, 6.45) is 1.17. The molecule has 2 unspecified atom stereocenters. The summed E-state index contributed by atoms with van der Waals surface area (Å²) in [6, 6.07) is 8.09. The zero-order chi connectivity index (χ0) is 11.5. The van der Waals surface area contributed by atoms with E-state index in [9.17, 15) is 0 Å². The quantitative estimate of drug-likeness (QED) is 0.787. The average molecular weight is 257 g/mol. The topological polar surface area (TPSA) is 9.23 Å². The van der Waals surface area contributed by atoms with Crippen LogP contribution in [0, 0.1) is 5.92 Å². The number of rotatable bonds is 3. The number of benzene rings is 1. The number of thioether (sulfide) groups is 1. The predicted octanol–water partition coefficient (Wildman–Crippen LogP) is 4.52. The van der Waals surface area contributed by atoms with E-state index in [0.29, 0.717) is 16.6 Å². The molecule has 1 aliphatic heterocycles. The Bertz CT molecular complexity index is 338. The van der Waals surface area contributed by atoms with Crippen LogP contribution in [0.25, 0.3) is 0 Å². The Morgan fingerprint density at radius 1 is 1.38 bits per heavy atom. The first-order valence-electron chi connectivity index (χ1n) is 5.67. The molecule has 1 aromatic rings. The third kappa shape index (κ3) is 3.16. The van der Waals surface area contributed by atoms with Crippen LogP contribution in [0.1, 0.15) is 31.1 Å². The third-order valence-electron chi connectivity index (χ3n) is 2.86. The van der Waals surface area contributed by atoms with E-state index < -0.39 is 0 Å². The molecule has 1 aliphatic rings. The van der Waals surface area contributed by atoms with Crippen molar-refractivity contribution in [1.29, 1.82) is 0 Å². The summed E-state index contributed by atoms with van der Waals surface area (Å²) in [6.45, 7) is 5.37. The van der Waals surface area contributed by atoms with Crippen LogP contribution >= 0.6 is 23.4 Å². The van der Waals surface area contributed by atoms with Gasteiger partial charge in [-0.1, -0.05) is 30.7 Å². The standard InChI is InChI=1S/C13H17ClOS/c1-9-7-13(15-8-9)16-10(2)11-3-5-12(14)6-4-11/h3-6,9-10,13H,7-8H2,1-2H3/t9-,10?,13?/m1/s1. The van der Waals surface area contributed by atoms with Crippen molar-refractivity contribution in [3.05, 3.63) is 34.9 Å². The highest BCUT2D eigenvalue weighted by molar-refractivity contribution is 7.99. The van der Waals surface area contributed by atoms with Crippen molar-refractivity contribution in [2.75, 3.05) is 6.61 Å². The monoisotopic (exact) mass is 256 g/mol. The summed E-state index contributed by atoms with van der Waals surface area (Å²) in [5.41, 5.74) is 1.68. The lowest BCUT2D eigenvalue weighted by molar-refractivity contribution is 0.166. The molecule has 1 fully saturated rings. The zero-order valence-corrected chi connectivity index (χ0v) is 11.2. The second-order valence-electron chi connectivity index (χ2n) is 4.43. The highest BCUT2D eigenvalue weighted by Crippen LogP contribution is 2.38. The SMILES string of the molecule is CC(SC1C[C@@H](C)CO1)c1ccc(Cl)cc1. The molecule has 0 N–H and O–H groups in total. The minimum Gasteiger partial charge on any atom is -0.367 e. The molecule has 1 aromatic carbocycles. The van der Waals surface area contributed by atoms with Crippen molar-refractivity contribution < 1.29 is 4.74 Å².